The second-order valence-corrected chi connectivity index (χ2v) is 10.3. The van der Waals surface area contributed by atoms with Crippen molar-refractivity contribution >= 4 is 54.8 Å². The van der Waals surface area contributed by atoms with Gasteiger partial charge in [0.05, 0.1) is 16.7 Å². The fourth-order valence-corrected chi connectivity index (χ4v) is 5.26. The zero-order valence-electron chi connectivity index (χ0n) is 18.2. The summed E-state index contributed by atoms with van der Waals surface area (Å²) in [6, 6.07) is 8.16. The lowest BCUT2D eigenvalue weighted by Gasteiger charge is -2.22. The predicted molar refractivity (Wildman–Crippen MR) is 128 cm³/mol. The highest BCUT2D eigenvalue weighted by Gasteiger charge is 2.27. The van der Waals surface area contributed by atoms with Crippen LogP contribution in [0, 0.1) is 12.7 Å². The number of nitrogens with zero attached hydrogens (tertiary/aromatic N) is 3. The summed E-state index contributed by atoms with van der Waals surface area (Å²) in [5, 5.41) is 0.406. The molecular weight excluding hydrogens is 477 g/mol. The van der Waals surface area contributed by atoms with Gasteiger partial charge in [0.1, 0.15) is 22.8 Å². The zero-order valence-corrected chi connectivity index (χ0v) is 20.6. The van der Waals surface area contributed by atoms with Gasteiger partial charge in [0.25, 0.3) is 0 Å². The van der Waals surface area contributed by atoms with E-state index in [9.17, 15) is 17.6 Å². The number of methoxy groups -OCH3 is 1. The molecule has 0 aliphatic carbocycles. The highest BCUT2D eigenvalue weighted by atomic mass is 35.5. The molecule has 0 saturated carbocycles. The first-order chi connectivity index (χ1) is 14.6. The SMILES string of the molecule is COc1ccc(C)c2sc(N(CCN(C)C)C(=O)CS(=O)(=O)c3ccc(F)cc3)nc12.Cl. The fourth-order valence-electron chi connectivity index (χ4n) is 2.97. The van der Waals surface area contributed by atoms with Crippen LogP contribution < -0.4 is 9.64 Å². The van der Waals surface area contributed by atoms with Gasteiger partial charge in [-0.2, -0.15) is 0 Å². The van der Waals surface area contributed by atoms with Crippen LogP contribution in [-0.4, -0.2) is 64.3 Å². The average Bonchev–Trinajstić information content (AvgIpc) is 3.14. The van der Waals surface area contributed by atoms with E-state index in [-0.39, 0.29) is 23.8 Å². The number of anilines is 1. The molecule has 174 valence electrons. The van der Waals surface area contributed by atoms with Crippen LogP contribution in [0.5, 0.6) is 5.75 Å². The van der Waals surface area contributed by atoms with E-state index < -0.39 is 27.3 Å². The first kappa shape index (κ1) is 26.0. The summed E-state index contributed by atoms with van der Waals surface area (Å²) < 4.78 is 44.9. The standard InChI is InChI=1S/C21H24FN3O4S2.ClH/c1-14-5-10-17(29-4)19-20(14)30-21(23-19)25(12-11-24(2)3)18(26)13-31(27,28)16-8-6-15(22)7-9-16;/h5-10H,11-13H2,1-4H3;1H. The number of ether oxygens (including phenoxy) is 1. The first-order valence-corrected chi connectivity index (χ1v) is 12.0. The molecule has 0 saturated heterocycles. The molecular formula is C21H25ClFN3O4S2. The van der Waals surface area contributed by atoms with E-state index in [1.807, 2.05) is 38.1 Å². The van der Waals surface area contributed by atoms with Crippen LogP contribution >= 0.6 is 23.7 Å². The van der Waals surface area contributed by atoms with E-state index in [1.54, 1.807) is 7.11 Å². The van der Waals surface area contributed by atoms with Crippen LogP contribution in [0.1, 0.15) is 5.56 Å². The van der Waals surface area contributed by atoms with Crippen LogP contribution in [0.4, 0.5) is 9.52 Å². The molecule has 0 aliphatic heterocycles. The lowest BCUT2D eigenvalue weighted by molar-refractivity contribution is -0.116. The summed E-state index contributed by atoms with van der Waals surface area (Å²) in [7, 11) is 1.34. The summed E-state index contributed by atoms with van der Waals surface area (Å²) in [5.41, 5.74) is 1.62. The molecule has 7 nitrogen and oxygen atoms in total. The molecule has 0 N–H and O–H groups in total. The van der Waals surface area contributed by atoms with Crippen molar-refractivity contribution in [2.75, 3.05) is 44.9 Å². The number of thiazole rings is 1. The van der Waals surface area contributed by atoms with Gasteiger partial charge in [-0.3, -0.25) is 9.69 Å². The maximum atomic E-state index is 13.2. The maximum absolute atomic E-state index is 13.2. The molecule has 0 unspecified atom stereocenters. The summed E-state index contributed by atoms with van der Waals surface area (Å²) in [5.74, 6) is -1.29. The van der Waals surface area contributed by atoms with E-state index >= 15 is 0 Å². The number of halogens is 2. The Hall–Kier alpha value is -2.27. The van der Waals surface area contributed by atoms with Crippen LogP contribution in [0.3, 0.4) is 0 Å². The van der Waals surface area contributed by atoms with E-state index in [1.165, 1.54) is 16.2 Å². The molecule has 1 heterocycles. The lowest BCUT2D eigenvalue weighted by atomic mass is 10.2. The second-order valence-electron chi connectivity index (χ2n) is 7.32. The van der Waals surface area contributed by atoms with Gasteiger partial charge in [0.15, 0.2) is 15.0 Å². The fraction of sp³-hybridized carbons (Fsp3) is 0.333. The van der Waals surface area contributed by atoms with Gasteiger partial charge < -0.3 is 9.64 Å². The van der Waals surface area contributed by atoms with Gasteiger partial charge in [0.2, 0.25) is 5.91 Å². The van der Waals surface area contributed by atoms with Crippen molar-refractivity contribution < 1.29 is 22.3 Å². The van der Waals surface area contributed by atoms with Crippen LogP contribution in [-0.2, 0) is 14.6 Å². The highest BCUT2D eigenvalue weighted by molar-refractivity contribution is 7.92. The minimum atomic E-state index is -3.94. The Morgan fingerprint density at radius 2 is 1.78 bits per heavy atom. The number of carbonyl (C=O) groups is 1. The van der Waals surface area contributed by atoms with Gasteiger partial charge in [0, 0.05) is 13.1 Å². The van der Waals surface area contributed by atoms with Crippen LogP contribution in [0.15, 0.2) is 41.3 Å². The number of amides is 1. The predicted octanol–water partition coefficient (Wildman–Crippen LogP) is 3.54. The van der Waals surface area contributed by atoms with Gasteiger partial charge in [-0.05, 0) is 56.9 Å². The molecule has 3 aromatic rings. The summed E-state index contributed by atoms with van der Waals surface area (Å²) in [4.78, 5) is 20.9. The van der Waals surface area contributed by atoms with Gasteiger partial charge in [-0.1, -0.05) is 17.4 Å². The van der Waals surface area contributed by atoms with E-state index in [4.69, 9.17) is 4.74 Å². The first-order valence-electron chi connectivity index (χ1n) is 9.50. The third-order valence-electron chi connectivity index (χ3n) is 4.70. The average molecular weight is 502 g/mol. The van der Waals surface area contributed by atoms with Crippen molar-refractivity contribution in [3.05, 3.63) is 47.8 Å². The largest absolute Gasteiger partial charge is 0.494 e. The molecule has 0 atom stereocenters. The Kier molecular flexibility index (Phi) is 8.58. The number of aromatic nitrogens is 1. The minimum Gasteiger partial charge on any atom is -0.494 e. The molecule has 2 aromatic carbocycles. The molecule has 32 heavy (non-hydrogen) atoms. The second kappa shape index (κ2) is 10.6. The van der Waals surface area contributed by atoms with Gasteiger partial charge >= 0.3 is 0 Å². The maximum Gasteiger partial charge on any atom is 0.244 e. The number of sulfone groups is 1. The Morgan fingerprint density at radius 1 is 1.12 bits per heavy atom. The van der Waals surface area contributed by atoms with Crippen molar-refractivity contribution in [2.45, 2.75) is 11.8 Å². The summed E-state index contributed by atoms with van der Waals surface area (Å²) in [6.07, 6.45) is 0. The number of carbonyl (C=O) groups excluding carboxylic acids is 1. The number of benzene rings is 2. The quantitative estimate of drug-likeness (QED) is 0.439. The number of rotatable bonds is 8. The van der Waals surface area contributed by atoms with E-state index in [2.05, 4.69) is 4.98 Å². The van der Waals surface area contributed by atoms with Crippen molar-refractivity contribution in [3.8, 4) is 5.75 Å². The molecule has 3 rings (SSSR count). The molecule has 0 radical (unpaired) electrons. The molecule has 0 spiro atoms. The van der Waals surface area contributed by atoms with E-state index in [0.717, 1.165) is 34.5 Å². The third-order valence-corrected chi connectivity index (χ3v) is 7.53. The van der Waals surface area contributed by atoms with Crippen molar-refractivity contribution in [1.82, 2.24) is 9.88 Å². The number of likely N-dealkylation sites (N-methyl/N-ethyl adjacent to an activating group) is 1. The smallest absolute Gasteiger partial charge is 0.244 e. The number of fused-ring (bicyclic) bond motifs is 1. The van der Waals surface area contributed by atoms with Crippen LogP contribution in [0.2, 0.25) is 0 Å². The summed E-state index contributed by atoms with van der Waals surface area (Å²) in [6.45, 7) is 2.73. The Labute approximate surface area is 197 Å². The van der Waals surface area contributed by atoms with Crippen molar-refractivity contribution in [3.63, 3.8) is 0 Å². The number of hydrogen-bond acceptors (Lipinski definition) is 7. The number of aryl methyl sites for hydroxylation is 1. The van der Waals surface area contributed by atoms with Crippen molar-refractivity contribution in [1.29, 1.82) is 0 Å². The summed E-state index contributed by atoms with van der Waals surface area (Å²) >= 11 is 1.32. The van der Waals surface area contributed by atoms with Crippen molar-refractivity contribution in [2.24, 2.45) is 0 Å². The minimum absolute atomic E-state index is 0. The van der Waals surface area contributed by atoms with Gasteiger partial charge in [-0.15, -0.1) is 12.4 Å². The monoisotopic (exact) mass is 501 g/mol. The lowest BCUT2D eigenvalue weighted by Crippen LogP contribution is -2.40. The molecule has 1 aromatic heterocycles. The highest BCUT2D eigenvalue weighted by Crippen LogP contribution is 2.36. The molecule has 0 aliphatic rings. The van der Waals surface area contributed by atoms with Crippen LogP contribution in [0.25, 0.3) is 10.2 Å². The topological polar surface area (TPSA) is 79.8 Å². The van der Waals surface area contributed by atoms with E-state index in [0.29, 0.717) is 22.9 Å². The molecule has 0 bridgehead atoms. The third kappa shape index (κ3) is 5.74. The molecule has 0 fully saturated rings. The molecule has 1 amide bonds. The Morgan fingerprint density at radius 3 is 2.38 bits per heavy atom. The number of hydrogen-bond donors (Lipinski definition) is 0. The Balaban J connectivity index is 0.00000363. The normalized spacial score (nSPS) is 11.4. The Bertz CT molecular complexity index is 1200. The zero-order chi connectivity index (χ0) is 22.8. The van der Waals surface area contributed by atoms with Gasteiger partial charge in [-0.25, -0.2) is 17.8 Å². The molecule has 11 heteroatoms.